The van der Waals surface area contributed by atoms with Crippen LogP contribution in [0.2, 0.25) is 5.82 Å². The molecule has 0 aromatic heterocycles. The Labute approximate surface area is 119 Å². The van der Waals surface area contributed by atoms with Crippen LogP contribution in [0.1, 0.15) is 59.8 Å². The molecule has 0 saturated carbocycles. The molecule has 1 aliphatic heterocycles. The first-order valence-corrected chi connectivity index (χ1v) is 7.65. The molecule has 0 aromatic carbocycles. The van der Waals surface area contributed by atoms with Gasteiger partial charge in [0.05, 0.1) is 7.85 Å². The first kappa shape index (κ1) is 14.8. The van der Waals surface area contributed by atoms with Gasteiger partial charge in [0.25, 0.3) is 0 Å². The number of aliphatic hydroxyl groups excluding tert-OH is 1. The van der Waals surface area contributed by atoms with E-state index in [0.717, 1.165) is 19.3 Å². The van der Waals surface area contributed by atoms with Crippen LogP contribution in [0.25, 0.3) is 0 Å². The van der Waals surface area contributed by atoms with E-state index < -0.39 is 6.35 Å². The van der Waals surface area contributed by atoms with Crippen molar-refractivity contribution < 1.29 is 5.11 Å². The summed E-state index contributed by atoms with van der Waals surface area (Å²) in [5, 5.41) is 10.7. The molecule has 1 N–H and O–H groups in total. The summed E-state index contributed by atoms with van der Waals surface area (Å²) < 4.78 is 0. The first-order chi connectivity index (χ1) is 8.93. The van der Waals surface area contributed by atoms with Crippen molar-refractivity contribution in [2.24, 2.45) is 0 Å². The van der Waals surface area contributed by atoms with E-state index in [1.165, 1.54) is 24.2 Å². The molecule has 1 heterocycles. The maximum atomic E-state index is 10.7. The smallest absolute Gasteiger partial charge is 0.207 e. The minimum atomic E-state index is -0.518. The summed E-state index contributed by atoms with van der Waals surface area (Å²) in [4.78, 5) is 4.33. The Balaban J connectivity index is 2.38. The standard InChI is InChI=1S/C15H27BN2O/c1-10(2)17-13-8-6-5-7-12(16)9-14(13)18(11(3)4)15(17)19/h10-12,15,19H,5-9H2,1-4H3. The van der Waals surface area contributed by atoms with Crippen molar-refractivity contribution in [3.8, 4) is 0 Å². The molecule has 4 heteroatoms. The molecule has 0 saturated heterocycles. The van der Waals surface area contributed by atoms with Gasteiger partial charge < -0.3 is 14.9 Å². The number of rotatable bonds is 2. The lowest BCUT2D eigenvalue weighted by atomic mass is 9.77. The largest absolute Gasteiger partial charge is 0.356 e. The van der Waals surface area contributed by atoms with Crippen LogP contribution >= 0.6 is 0 Å². The van der Waals surface area contributed by atoms with Gasteiger partial charge in [0.2, 0.25) is 6.35 Å². The summed E-state index contributed by atoms with van der Waals surface area (Å²) in [5.41, 5.74) is 2.61. The van der Waals surface area contributed by atoms with Gasteiger partial charge in [0.1, 0.15) is 0 Å². The maximum absolute atomic E-state index is 10.7. The summed E-state index contributed by atoms with van der Waals surface area (Å²) >= 11 is 0. The van der Waals surface area contributed by atoms with Gasteiger partial charge in [0, 0.05) is 23.5 Å². The fourth-order valence-corrected chi connectivity index (χ4v) is 3.41. The lowest BCUT2D eigenvalue weighted by molar-refractivity contribution is -0.0807. The zero-order valence-electron chi connectivity index (χ0n) is 12.8. The van der Waals surface area contributed by atoms with E-state index >= 15 is 0 Å². The van der Waals surface area contributed by atoms with Crippen molar-refractivity contribution >= 4 is 7.85 Å². The highest BCUT2D eigenvalue weighted by Crippen LogP contribution is 2.40. The Morgan fingerprint density at radius 3 is 2.21 bits per heavy atom. The average molecular weight is 262 g/mol. The quantitative estimate of drug-likeness (QED) is 0.775. The molecule has 0 bridgehead atoms. The Hall–Kier alpha value is -0.635. The van der Waals surface area contributed by atoms with Crippen LogP contribution in [0.3, 0.4) is 0 Å². The summed E-state index contributed by atoms with van der Waals surface area (Å²) in [7, 11) is 6.23. The molecular formula is C15H27BN2O. The predicted octanol–water partition coefficient (Wildman–Crippen LogP) is 2.83. The van der Waals surface area contributed by atoms with E-state index in [0.29, 0.717) is 12.1 Å². The lowest BCUT2D eigenvalue weighted by Gasteiger charge is -2.35. The SMILES string of the molecule is [B]C1CCCCC2=C(C1)N(C(C)C)C(O)N2C(C)C. The number of aliphatic hydroxyl groups is 1. The summed E-state index contributed by atoms with van der Waals surface area (Å²) in [6.45, 7) is 8.58. The van der Waals surface area contributed by atoms with Crippen LogP contribution < -0.4 is 0 Å². The van der Waals surface area contributed by atoms with E-state index in [1.807, 2.05) is 0 Å². The van der Waals surface area contributed by atoms with Gasteiger partial charge in [0.15, 0.2) is 0 Å². The Kier molecular flexibility index (Phi) is 4.49. The van der Waals surface area contributed by atoms with Gasteiger partial charge >= 0.3 is 0 Å². The molecule has 2 atom stereocenters. The van der Waals surface area contributed by atoms with E-state index in [-0.39, 0.29) is 5.82 Å². The van der Waals surface area contributed by atoms with Crippen molar-refractivity contribution in [3.05, 3.63) is 11.4 Å². The summed E-state index contributed by atoms with van der Waals surface area (Å²) in [6.07, 6.45) is 4.92. The van der Waals surface area contributed by atoms with Crippen molar-refractivity contribution in [1.29, 1.82) is 0 Å². The van der Waals surface area contributed by atoms with E-state index in [9.17, 15) is 5.11 Å². The molecular weight excluding hydrogens is 235 g/mol. The summed E-state index contributed by atoms with van der Waals surface area (Å²) in [6, 6.07) is 0.620. The molecule has 2 unspecified atom stereocenters. The lowest BCUT2D eigenvalue weighted by Crippen LogP contribution is -2.46. The molecule has 19 heavy (non-hydrogen) atoms. The van der Waals surface area contributed by atoms with Crippen LogP contribution in [-0.4, -0.2) is 41.2 Å². The van der Waals surface area contributed by atoms with Gasteiger partial charge in [-0.2, -0.15) is 0 Å². The predicted molar refractivity (Wildman–Crippen MR) is 79.6 cm³/mol. The third kappa shape index (κ3) is 2.79. The number of allylic oxidation sites excluding steroid dienone is 2. The molecule has 106 valence electrons. The normalized spacial score (nSPS) is 29.0. The van der Waals surface area contributed by atoms with Gasteiger partial charge in [-0.1, -0.05) is 18.7 Å². The second kappa shape index (κ2) is 5.78. The second-order valence-electron chi connectivity index (χ2n) is 6.45. The van der Waals surface area contributed by atoms with Crippen LogP contribution in [0.5, 0.6) is 0 Å². The average Bonchev–Trinajstić information content (AvgIpc) is 2.54. The van der Waals surface area contributed by atoms with Gasteiger partial charge in [-0.05, 0) is 47.0 Å². The van der Waals surface area contributed by atoms with Crippen LogP contribution in [0.4, 0.5) is 0 Å². The monoisotopic (exact) mass is 262 g/mol. The molecule has 0 amide bonds. The van der Waals surface area contributed by atoms with Gasteiger partial charge in [-0.3, -0.25) is 0 Å². The number of nitrogens with zero attached hydrogens (tertiary/aromatic N) is 2. The zero-order valence-corrected chi connectivity index (χ0v) is 12.8. The molecule has 0 fully saturated rings. The molecule has 0 aromatic rings. The molecule has 1 aliphatic carbocycles. The minimum absolute atomic E-state index is 0.228. The zero-order chi connectivity index (χ0) is 14.2. The maximum Gasteiger partial charge on any atom is 0.207 e. The van der Waals surface area contributed by atoms with Crippen molar-refractivity contribution in [1.82, 2.24) is 9.80 Å². The fourth-order valence-electron chi connectivity index (χ4n) is 3.41. The highest BCUT2D eigenvalue weighted by molar-refractivity contribution is 6.11. The van der Waals surface area contributed by atoms with Crippen LogP contribution in [0, 0.1) is 0 Å². The number of hydrogen-bond donors (Lipinski definition) is 1. The molecule has 2 aliphatic rings. The second-order valence-corrected chi connectivity index (χ2v) is 6.45. The fraction of sp³-hybridized carbons (Fsp3) is 0.867. The van der Waals surface area contributed by atoms with Crippen molar-refractivity contribution in [2.45, 2.75) is 84.1 Å². The minimum Gasteiger partial charge on any atom is -0.356 e. The Bertz CT molecular complexity index is 354. The van der Waals surface area contributed by atoms with Crippen molar-refractivity contribution in [3.63, 3.8) is 0 Å². The molecule has 3 nitrogen and oxygen atoms in total. The van der Waals surface area contributed by atoms with E-state index in [1.54, 1.807) is 0 Å². The first-order valence-electron chi connectivity index (χ1n) is 7.65. The number of hydrogen-bond acceptors (Lipinski definition) is 3. The topological polar surface area (TPSA) is 26.7 Å². The Morgan fingerprint density at radius 2 is 1.63 bits per heavy atom. The highest BCUT2D eigenvalue weighted by atomic mass is 16.3. The molecule has 0 spiro atoms. The van der Waals surface area contributed by atoms with Crippen LogP contribution in [-0.2, 0) is 0 Å². The molecule has 2 radical (unpaired) electrons. The van der Waals surface area contributed by atoms with Crippen LogP contribution in [0.15, 0.2) is 11.4 Å². The van der Waals surface area contributed by atoms with Crippen molar-refractivity contribution in [2.75, 3.05) is 0 Å². The molecule has 2 rings (SSSR count). The Morgan fingerprint density at radius 1 is 1.05 bits per heavy atom. The van der Waals surface area contributed by atoms with E-state index in [2.05, 4.69) is 37.5 Å². The van der Waals surface area contributed by atoms with Gasteiger partial charge in [-0.25, -0.2) is 0 Å². The van der Waals surface area contributed by atoms with Gasteiger partial charge in [-0.15, -0.1) is 0 Å². The third-order valence-electron chi connectivity index (χ3n) is 4.26. The third-order valence-corrected chi connectivity index (χ3v) is 4.26. The highest BCUT2D eigenvalue weighted by Gasteiger charge is 2.39. The van der Waals surface area contributed by atoms with E-state index in [4.69, 9.17) is 7.85 Å². The summed E-state index contributed by atoms with van der Waals surface area (Å²) in [5.74, 6) is 0.228.